The van der Waals surface area contributed by atoms with Crippen molar-refractivity contribution < 1.29 is 14.3 Å². The van der Waals surface area contributed by atoms with E-state index in [1.165, 1.54) is 4.90 Å². The number of amidine groups is 1. The second-order valence-electron chi connectivity index (χ2n) is 5.67. The molecule has 0 saturated carbocycles. The van der Waals surface area contributed by atoms with E-state index in [2.05, 4.69) is 10.3 Å². The molecule has 2 aromatic carbocycles. The molecule has 2 amide bonds. The second kappa shape index (κ2) is 8.19. The third-order valence-corrected chi connectivity index (χ3v) is 3.77. The molecule has 0 aromatic heterocycles. The minimum absolute atomic E-state index is 0.139. The molecule has 1 N–H and O–H groups in total. The smallest absolute Gasteiger partial charge is 0.329 e. The zero-order valence-electron chi connectivity index (χ0n) is 14.1. The number of aliphatic imine (C=N–C) groups is 1. The molecule has 0 bridgehead atoms. The number of amides is 2. The van der Waals surface area contributed by atoms with Crippen LogP contribution in [0.4, 0.5) is 10.5 Å². The van der Waals surface area contributed by atoms with Gasteiger partial charge in [0.2, 0.25) is 0 Å². The Morgan fingerprint density at radius 2 is 1.88 bits per heavy atom. The quantitative estimate of drug-likeness (QED) is 0.929. The average molecular weight is 339 g/mol. The highest BCUT2D eigenvalue weighted by Crippen LogP contribution is 2.14. The predicted molar refractivity (Wildman–Crippen MR) is 97.0 cm³/mol. The number of nitrogens with zero attached hydrogens (tertiary/aromatic N) is 2. The Balaban J connectivity index is 1.53. The monoisotopic (exact) mass is 339 g/mol. The number of para-hydroxylation sites is 2. The zero-order chi connectivity index (χ0) is 17.5. The lowest BCUT2D eigenvalue weighted by Crippen LogP contribution is -2.43. The fourth-order valence-corrected chi connectivity index (χ4v) is 2.37. The van der Waals surface area contributed by atoms with E-state index in [9.17, 15) is 4.79 Å². The van der Waals surface area contributed by atoms with Crippen molar-refractivity contribution in [2.75, 3.05) is 25.5 Å². The number of hydrogen-bond acceptors (Lipinski definition) is 4. The molecule has 1 unspecified atom stereocenters. The van der Waals surface area contributed by atoms with Crippen molar-refractivity contribution in [3.05, 3.63) is 60.7 Å². The van der Waals surface area contributed by atoms with E-state index < -0.39 is 0 Å². The van der Waals surface area contributed by atoms with Crippen LogP contribution in [0.25, 0.3) is 0 Å². The van der Waals surface area contributed by atoms with Crippen LogP contribution in [0.3, 0.4) is 0 Å². The first-order valence-corrected chi connectivity index (χ1v) is 8.21. The average Bonchev–Trinajstić information content (AvgIpc) is 2.67. The van der Waals surface area contributed by atoms with Gasteiger partial charge in [-0.25, -0.2) is 9.79 Å². The van der Waals surface area contributed by atoms with Crippen LogP contribution in [-0.4, -0.2) is 43.3 Å². The third kappa shape index (κ3) is 4.73. The van der Waals surface area contributed by atoms with Crippen molar-refractivity contribution in [3.8, 4) is 5.75 Å². The summed E-state index contributed by atoms with van der Waals surface area (Å²) in [7, 11) is 1.64. The molecule has 0 fully saturated rings. The van der Waals surface area contributed by atoms with Crippen molar-refractivity contribution in [1.29, 1.82) is 0 Å². The van der Waals surface area contributed by atoms with Crippen molar-refractivity contribution in [2.24, 2.45) is 4.99 Å². The van der Waals surface area contributed by atoms with Gasteiger partial charge in [-0.2, -0.15) is 0 Å². The van der Waals surface area contributed by atoms with E-state index in [4.69, 9.17) is 9.47 Å². The minimum atomic E-state index is -0.297. The molecule has 1 atom stereocenters. The van der Waals surface area contributed by atoms with Crippen LogP contribution in [0.15, 0.2) is 65.7 Å². The number of benzene rings is 2. The molecular weight excluding hydrogens is 318 g/mol. The lowest BCUT2D eigenvalue weighted by molar-refractivity contribution is 0.0873. The molecule has 130 valence electrons. The van der Waals surface area contributed by atoms with Crippen LogP contribution >= 0.6 is 0 Å². The highest BCUT2D eigenvalue weighted by Gasteiger charge is 2.24. The molecule has 3 rings (SSSR count). The summed E-state index contributed by atoms with van der Waals surface area (Å²) >= 11 is 0. The second-order valence-corrected chi connectivity index (χ2v) is 5.67. The van der Waals surface area contributed by atoms with E-state index in [-0.39, 0.29) is 12.1 Å². The molecule has 0 saturated heterocycles. The van der Waals surface area contributed by atoms with Gasteiger partial charge in [0.15, 0.2) is 0 Å². The van der Waals surface area contributed by atoms with Crippen LogP contribution in [0.2, 0.25) is 0 Å². The molecule has 1 aliphatic heterocycles. The maximum atomic E-state index is 12.3. The van der Waals surface area contributed by atoms with Crippen molar-refractivity contribution in [3.63, 3.8) is 0 Å². The summed E-state index contributed by atoms with van der Waals surface area (Å²) in [5, 5.41) is 2.81. The SMILES string of the molecule is CN(C(=O)Nc1ccccc1)C1=NCCC(COc2ccccc2)O1. The number of hydrogen-bond donors (Lipinski definition) is 1. The molecule has 2 aromatic rings. The summed E-state index contributed by atoms with van der Waals surface area (Å²) in [6, 6.07) is 18.9. The van der Waals surface area contributed by atoms with Crippen LogP contribution < -0.4 is 10.1 Å². The standard InChI is InChI=1S/C19H21N3O3/c1-22(18(23)21-15-8-4-2-5-9-15)19-20-13-12-17(25-19)14-24-16-10-6-3-7-11-16/h2-11,17H,12-14H2,1H3,(H,21,23). The molecule has 1 aliphatic rings. The van der Waals surface area contributed by atoms with Gasteiger partial charge in [-0.15, -0.1) is 0 Å². The van der Waals surface area contributed by atoms with Gasteiger partial charge in [0.05, 0.1) is 0 Å². The number of anilines is 1. The molecule has 6 nitrogen and oxygen atoms in total. The number of urea groups is 1. The predicted octanol–water partition coefficient (Wildman–Crippen LogP) is 3.37. The zero-order valence-corrected chi connectivity index (χ0v) is 14.1. The maximum absolute atomic E-state index is 12.3. The lowest BCUT2D eigenvalue weighted by atomic mass is 10.2. The van der Waals surface area contributed by atoms with Gasteiger partial charge < -0.3 is 14.8 Å². The van der Waals surface area contributed by atoms with Crippen LogP contribution in [0.5, 0.6) is 5.75 Å². The van der Waals surface area contributed by atoms with Gasteiger partial charge in [-0.05, 0) is 24.3 Å². The Morgan fingerprint density at radius 3 is 2.60 bits per heavy atom. The summed E-state index contributed by atoms with van der Waals surface area (Å²) in [5.74, 6) is 0.797. The molecule has 0 spiro atoms. The molecule has 25 heavy (non-hydrogen) atoms. The largest absolute Gasteiger partial charge is 0.490 e. The van der Waals surface area contributed by atoms with E-state index in [0.717, 1.165) is 17.9 Å². The van der Waals surface area contributed by atoms with Gasteiger partial charge in [0, 0.05) is 25.7 Å². The first kappa shape index (κ1) is 16.8. The summed E-state index contributed by atoms with van der Waals surface area (Å²) < 4.78 is 11.5. The van der Waals surface area contributed by atoms with Crippen molar-refractivity contribution >= 4 is 17.7 Å². The molecule has 1 heterocycles. The summed E-state index contributed by atoms with van der Waals surface area (Å²) in [6.45, 7) is 1.01. The third-order valence-electron chi connectivity index (χ3n) is 3.77. The van der Waals surface area contributed by atoms with Crippen molar-refractivity contribution in [1.82, 2.24) is 4.90 Å². The topological polar surface area (TPSA) is 63.2 Å². The molecule has 0 radical (unpaired) electrons. The summed E-state index contributed by atoms with van der Waals surface area (Å²) in [5.41, 5.74) is 0.722. The van der Waals surface area contributed by atoms with E-state index in [1.807, 2.05) is 60.7 Å². The Kier molecular flexibility index (Phi) is 5.51. The van der Waals surface area contributed by atoms with Gasteiger partial charge in [-0.1, -0.05) is 36.4 Å². The normalized spacial score (nSPS) is 16.4. The van der Waals surface area contributed by atoms with Gasteiger partial charge >= 0.3 is 6.03 Å². The van der Waals surface area contributed by atoms with Gasteiger partial charge in [0.25, 0.3) is 6.02 Å². The highest BCUT2D eigenvalue weighted by atomic mass is 16.5. The van der Waals surface area contributed by atoms with Gasteiger partial charge in [0.1, 0.15) is 18.5 Å². The fraction of sp³-hybridized carbons (Fsp3) is 0.263. The number of rotatable bonds is 4. The highest BCUT2D eigenvalue weighted by molar-refractivity contribution is 6.00. The fourth-order valence-electron chi connectivity index (χ4n) is 2.37. The maximum Gasteiger partial charge on any atom is 0.329 e. The Morgan fingerprint density at radius 1 is 1.20 bits per heavy atom. The number of ether oxygens (including phenoxy) is 2. The molecule has 6 heteroatoms. The summed E-state index contributed by atoms with van der Waals surface area (Å²) in [4.78, 5) is 18.0. The van der Waals surface area contributed by atoms with Crippen LogP contribution in [-0.2, 0) is 4.74 Å². The van der Waals surface area contributed by atoms with Crippen LogP contribution in [0, 0.1) is 0 Å². The first-order chi connectivity index (χ1) is 12.2. The van der Waals surface area contributed by atoms with E-state index >= 15 is 0 Å². The Labute approximate surface area is 147 Å². The van der Waals surface area contributed by atoms with E-state index in [1.54, 1.807) is 7.05 Å². The minimum Gasteiger partial charge on any atom is -0.490 e. The molecular formula is C19H21N3O3. The Bertz CT molecular complexity index is 719. The van der Waals surface area contributed by atoms with Gasteiger partial charge in [-0.3, -0.25) is 4.90 Å². The van der Waals surface area contributed by atoms with Crippen LogP contribution in [0.1, 0.15) is 6.42 Å². The molecule has 0 aliphatic carbocycles. The Hall–Kier alpha value is -3.02. The first-order valence-electron chi connectivity index (χ1n) is 8.21. The number of nitrogens with one attached hydrogen (secondary N) is 1. The van der Waals surface area contributed by atoms with E-state index in [0.29, 0.717) is 19.2 Å². The lowest BCUT2D eigenvalue weighted by Gasteiger charge is -2.28. The summed E-state index contributed by atoms with van der Waals surface area (Å²) in [6.07, 6.45) is 0.615. The number of carbonyl (C=O) groups excluding carboxylic acids is 1. The number of carbonyl (C=O) groups is 1. The van der Waals surface area contributed by atoms with Crippen molar-refractivity contribution in [2.45, 2.75) is 12.5 Å².